The van der Waals surface area contributed by atoms with Crippen molar-refractivity contribution in [1.82, 2.24) is 19.3 Å². The number of hydrogen-bond acceptors (Lipinski definition) is 5. The number of aromatic nitrogens is 4. The average molecular weight is 380 g/mol. The normalized spacial score (nSPS) is 11.2. The molecule has 0 radical (unpaired) electrons. The fourth-order valence-corrected chi connectivity index (χ4v) is 3.14. The largest absolute Gasteiger partial charge is 0.337 e. The Morgan fingerprint density at radius 3 is 2.68 bits per heavy atom. The highest BCUT2D eigenvalue weighted by Crippen LogP contribution is 2.17. The topological polar surface area (TPSA) is 82.9 Å². The minimum atomic E-state index is -0.434. The highest BCUT2D eigenvalue weighted by Gasteiger charge is 2.16. The summed E-state index contributed by atoms with van der Waals surface area (Å²) in [5.41, 5.74) is 0.222. The van der Waals surface area contributed by atoms with Crippen molar-refractivity contribution in [2.75, 3.05) is 0 Å². The van der Waals surface area contributed by atoms with Gasteiger partial charge in [0.25, 0.3) is 5.56 Å². The van der Waals surface area contributed by atoms with Gasteiger partial charge in [0.1, 0.15) is 12.4 Å². The third-order valence-corrected chi connectivity index (χ3v) is 4.42. The van der Waals surface area contributed by atoms with E-state index in [1.807, 2.05) is 6.92 Å². The molecule has 0 unspecified atom stereocenters. The Hall–Kier alpha value is -3.55. The Morgan fingerprint density at radius 2 is 1.89 bits per heavy atom. The van der Waals surface area contributed by atoms with Crippen molar-refractivity contribution in [3.8, 4) is 11.4 Å². The second-order valence-corrected chi connectivity index (χ2v) is 6.36. The maximum absolute atomic E-state index is 13.4. The van der Waals surface area contributed by atoms with E-state index in [0.29, 0.717) is 29.4 Å². The molecular weight excluding hydrogens is 363 g/mol. The SMILES string of the molecule is CCCn1c(=O)c2ccccc2n(Cc2nc(-c3cccc(F)c3)no2)c1=O. The molecule has 0 aliphatic heterocycles. The molecule has 2 aromatic heterocycles. The van der Waals surface area contributed by atoms with E-state index in [4.69, 9.17) is 4.52 Å². The third-order valence-electron chi connectivity index (χ3n) is 4.42. The van der Waals surface area contributed by atoms with Crippen LogP contribution in [-0.4, -0.2) is 19.3 Å². The Labute approximate surface area is 158 Å². The minimum absolute atomic E-state index is 0.00561. The van der Waals surface area contributed by atoms with Crippen molar-refractivity contribution < 1.29 is 8.91 Å². The maximum atomic E-state index is 13.4. The second-order valence-electron chi connectivity index (χ2n) is 6.36. The summed E-state index contributed by atoms with van der Waals surface area (Å²) >= 11 is 0. The summed E-state index contributed by atoms with van der Waals surface area (Å²) < 4.78 is 21.3. The molecule has 0 bridgehead atoms. The van der Waals surface area contributed by atoms with Gasteiger partial charge in [-0.1, -0.05) is 36.3 Å². The zero-order valence-corrected chi connectivity index (χ0v) is 15.1. The molecule has 28 heavy (non-hydrogen) atoms. The fraction of sp³-hybridized carbons (Fsp3) is 0.200. The lowest BCUT2D eigenvalue weighted by Gasteiger charge is -2.12. The molecule has 4 rings (SSSR count). The van der Waals surface area contributed by atoms with Gasteiger partial charge in [0.2, 0.25) is 11.7 Å². The Kier molecular flexibility index (Phi) is 4.60. The number of hydrogen-bond donors (Lipinski definition) is 0. The molecule has 0 N–H and O–H groups in total. The van der Waals surface area contributed by atoms with Crippen molar-refractivity contribution in [2.45, 2.75) is 26.4 Å². The van der Waals surface area contributed by atoms with Crippen LogP contribution in [0, 0.1) is 5.82 Å². The fourth-order valence-electron chi connectivity index (χ4n) is 3.14. The number of nitrogens with zero attached hydrogens (tertiary/aromatic N) is 4. The van der Waals surface area contributed by atoms with Gasteiger partial charge >= 0.3 is 5.69 Å². The predicted octanol–water partition coefficient (Wildman–Crippen LogP) is 2.81. The molecule has 0 fully saturated rings. The van der Waals surface area contributed by atoms with Crippen molar-refractivity contribution in [3.05, 3.63) is 81.1 Å². The van der Waals surface area contributed by atoms with E-state index in [0.717, 1.165) is 0 Å². The molecule has 0 saturated carbocycles. The Bertz CT molecular complexity index is 1270. The van der Waals surface area contributed by atoms with Crippen LogP contribution in [0.5, 0.6) is 0 Å². The van der Waals surface area contributed by atoms with Crippen LogP contribution in [0.4, 0.5) is 4.39 Å². The minimum Gasteiger partial charge on any atom is -0.337 e. The van der Waals surface area contributed by atoms with Gasteiger partial charge in [-0.3, -0.25) is 13.9 Å². The van der Waals surface area contributed by atoms with Gasteiger partial charge < -0.3 is 4.52 Å². The molecule has 0 spiro atoms. The quantitative estimate of drug-likeness (QED) is 0.532. The van der Waals surface area contributed by atoms with Gasteiger partial charge in [0.15, 0.2) is 0 Å². The molecule has 0 atom stereocenters. The summed E-state index contributed by atoms with van der Waals surface area (Å²) in [6.45, 7) is 2.22. The van der Waals surface area contributed by atoms with Gasteiger partial charge in [-0.25, -0.2) is 9.18 Å². The summed E-state index contributed by atoms with van der Waals surface area (Å²) in [4.78, 5) is 29.8. The van der Waals surface area contributed by atoms with E-state index in [2.05, 4.69) is 10.1 Å². The second kappa shape index (κ2) is 7.22. The Balaban J connectivity index is 1.80. The summed E-state index contributed by atoms with van der Waals surface area (Å²) in [6, 6.07) is 12.8. The van der Waals surface area contributed by atoms with E-state index in [1.165, 1.54) is 21.3 Å². The molecule has 0 aliphatic carbocycles. The first-order chi connectivity index (χ1) is 13.6. The lowest BCUT2D eigenvalue weighted by atomic mass is 10.2. The van der Waals surface area contributed by atoms with Gasteiger partial charge in [-0.2, -0.15) is 4.98 Å². The monoisotopic (exact) mass is 380 g/mol. The van der Waals surface area contributed by atoms with Gasteiger partial charge in [0.05, 0.1) is 10.9 Å². The van der Waals surface area contributed by atoms with Gasteiger partial charge in [-0.15, -0.1) is 0 Å². The molecule has 0 aliphatic rings. The first kappa shape index (κ1) is 17.8. The van der Waals surface area contributed by atoms with E-state index in [-0.39, 0.29) is 23.8 Å². The zero-order chi connectivity index (χ0) is 19.7. The van der Waals surface area contributed by atoms with Crippen molar-refractivity contribution >= 4 is 10.9 Å². The van der Waals surface area contributed by atoms with Crippen LogP contribution in [0.15, 0.2) is 62.6 Å². The maximum Gasteiger partial charge on any atom is 0.331 e. The highest BCUT2D eigenvalue weighted by atomic mass is 19.1. The van der Waals surface area contributed by atoms with Crippen LogP contribution in [-0.2, 0) is 13.1 Å². The number of halogens is 1. The first-order valence-electron chi connectivity index (χ1n) is 8.89. The van der Waals surface area contributed by atoms with E-state index in [9.17, 15) is 14.0 Å². The number of fused-ring (bicyclic) bond motifs is 1. The predicted molar refractivity (Wildman–Crippen MR) is 102 cm³/mol. The van der Waals surface area contributed by atoms with E-state index in [1.54, 1.807) is 36.4 Å². The molecule has 7 nitrogen and oxygen atoms in total. The van der Waals surface area contributed by atoms with Crippen LogP contribution >= 0.6 is 0 Å². The van der Waals surface area contributed by atoms with Gasteiger partial charge in [0, 0.05) is 12.1 Å². The molecule has 2 heterocycles. The van der Waals surface area contributed by atoms with Crippen LogP contribution in [0.1, 0.15) is 19.2 Å². The number of rotatable bonds is 5. The zero-order valence-electron chi connectivity index (χ0n) is 15.1. The number of para-hydroxylation sites is 1. The first-order valence-corrected chi connectivity index (χ1v) is 8.89. The third kappa shape index (κ3) is 3.13. The van der Waals surface area contributed by atoms with Crippen LogP contribution in [0.25, 0.3) is 22.3 Å². The number of benzene rings is 2. The molecule has 8 heteroatoms. The summed E-state index contributed by atoms with van der Waals surface area (Å²) in [5, 5.41) is 4.32. The lowest BCUT2D eigenvalue weighted by Crippen LogP contribution is -2.40. The van der Waals surface area contributed by atoms with Crippen molar-refractivity contribution in [1.29, 1.82) is 0 Å². The van der Waals surface area contributed by atoms with Crippen molar-refractivity contribution in [2.24, 2.45) is 0 Å². The smallest absolute Gasteiger partial charge is 0.331 e. The Morgan fingerprint density at radius 1 is 1.07 bits per heavy atom. The highest BCUT2D eigenvalue weighted by molar-refractivity contribution is 5.77. The molecule has 2 aromatic carbocycles. The summed E-state index contributed by atoms with van der Waals surface area (Å²) in [5.74, 6) is 0.0136. The molecule has 0 amide bonds. The van der Waals surface area contributed by atoms with Crippen LogP contribution < -0.4 is 11.2 Å². The average Bonchev–Trinajstić information content (AvgIpc) is 3.17. The lowest BCUT2D eigenvalue weighted by molar-refractivity contribution is 0.369. The van der Waals surface area contributed by atoms with Crippen LogP contribution in [0.2, 0.25) is 0 Å². The molecule has 142 valence electrons. The molecular formula is C20H17FN4O3. The van der Waals surface area contributed by atoms with Crippen molar-refractivity contribution in [3.63, 3.8) is 0 Å². The summed E-state index contributed by atoms with van der Waals surface area (Å²) in [7, 11) is 0. The van der Waals surface area contributed by atoms with Crippen LogP contribution in [0.3, 0.4) is 0 Å². The summed E-state index contributed by atoms with van der Waals surface area (Å²) in [6.07, 6.45) is 0.651. The van der Waals surface area contributed by atoms with Gasteiger partial charge in [-0.05, 0) is 30.7 Å². The van der Waals surface area contributed by atoms with E-state index >= 15 is 0 Å². The molecule has 4 aromatic rings. The van der Waals surface area contributed by atoms with E-state index < -0.39 is 11.5 Å². The molecule has 0 saturated heterocycles. The standard InChI is InChI=1S/C20H17FN4O3/c1-2-10-24-19(26)15-8-3-4-9-16(15)25(20(24)27)12-17-22-18(23-28-17)13-6-5-7-14(21)11-13/h3-9,11H,2,10,12H2,1H3.